The summed E-state index contributed by atoms with van der Waals surface area (Å²) in [6.45, 7) is 1.95. The van der Waals surface area contributed by atoms with E-state index >= 15 is 0 Å². The van der Waals surface area contributed by atoms with Crippen molar-refractivity contribution in [2.24, 2.45) is 0 Å². The van der Waals surface area contributed by atoms with Crippen LogP contribution < -0.4 is 10.0 Å². The number of carbonyl (C=O) groups excluding carboxylic acids is 1. The maximum absolute atomic E-state index is 12.2. The van der Waals surface area contributed by atoms with Gasteiger partial charge in [-0.2, -0.15) is 0 Å². The van der Waals surface area contributed by atoms with Gasteiger partial charge in [0, 0.05) is 11.4 Å². The molecule has 0 saturated heterocycles. The van der Waals surface area contributed by atoms with Crippen molar-refractivity contribution in [1.29, 1.82) is 0 Å². The molecule has 0 unspecified atom stereocenters. The van der Waals surface area contributed by atoms with E-state index in [1.807, 2.05) is 0 Å². The van der Waals surface area contributed by atoms with Crippen molar-refractivity contribution >= 4 is 62.0 Å². The van der Waals surface area contributed by atoms with E-state index < -0.39 is 16.1 Å². The van der Waals surface area contributed by atoms with Crippen LogP contribution in [0.5, 0.6) is 0 Å². The molecule has 1 aromatic heterocycles. The number of hydrogen-bond donors (Lipinski definition) is 2. The molecule has 10 heteroatoms. The third kappa shape index (κ3) is 4.74. The summed E-state index contributed by atoms with van der Waals surface area (Å²) in [5.74, 6) is 0. The van der Waals surface area contributed by atoms with Gasteiger partial charge < -0.3 is 4.74 Å². The minimum absolute atomic E-state index is 0.0807. The van der Waals surface area contributed by atoms with E-state index in [9.17, 15) is 13.2 Å². The van der Waals surface area contributed by atoms with Crippen LogP contribution in [0.2, 0.25) is 8.67 Å². The second kappa shape index (κ2) is 7.39. The molecule has 0 radical (unpaired) electrons. The summed E-state index contributed by atoms with van der Waals surface area (Å²) in [6, 6.07) is 7.36. The molecule has 0 spiro atoms. The molecule has 1 heterocycles. The van der Waals surface area contributed by atoms with Gasteiger partial charge in [0.2, 0.25) is 0 Å². The molecule has 0 bridgehead atoms. The van der Waals surface area contributed by atoms with E-state index in [-0.39, 0.29) is 20.2 Å². The lowest BCUT2D eigenvalue weighted by Gasteiger charge is -2.09. The second-order valence-electron chi connectivity index (χ2n) is 4.22. The monoisotopic (exact) mass is 394 g/mol. The number of nitrogens with one attached hydrogen (secondary N) is 2. The van der Waals surface area contributed by atoms with Gasteiger partial charge >= 0.3 is 6.09 Å². The summed E-state index contributed by atoms with van der Waals surface area (Å²) in [6.07, 6.45) is -0.583. The van der Waals surface area contributed by atoms with Gasteiger partial charge in [0.25, 0.3) is 10.0 Å². The third-order valence-corrected chi connectivity index (χ3v) is 5.71. The van der Waals surface area contributed by atoms with Crippen LogP contribution in [-0.4, -0.2) is 21.1 Å². The molecule has 2 N–H and O–H groups in total. The zero-order valence-corrected chi connectivity index (χ0v) is 14.9. The Morgan fingerprint density at radius 2 is 1.83 bits per heavy atom. The van der Waals surface area contributed by atoms with E-state index in [0.717, 1.165) is 11.3 Å². The molecular formula is C13H12Cl2N2O4S2. The minimum Gasteiger partial charge on any atom is -0.450 e. The summed E-state index contributed by atoms with van der Waals surface area (Å²) in [5, 5.41) is 2.50. The van der Waals surface area contributed by atoms with Crippen molar-refractivity contribution in [2.45, 2.75) is 11.8 Å². The van der Waals surface area contributed by atoms with Crippen LogP contribution in [0.1, 0.15) is 6.92 Å². The number of thiophene rings is 1. The van der Waals surface area contributed by atoms with E-state index in [1.54, 1.807) is 6.92 Å². The van der Waals surface area contributed by atoms with Crippen LogP contribution in [0.25, 0.3) is 0 Å². The number of carbonyl (C=O) groups is 1. The fraction of sp³-hybridized carbons (Fsp3) is 0.154. The Balaban J connectivity index is 2.11. The fourth-order valence-electron chi connectivity index (χ4n) is 1.63. The van der Waals surface area contributed by atoms with Gasteiger partial charge in [0.1, 0.15) is 9.23 Å². The Morgan fingerprint density at radius 3 is 2.35 bits per heavy atom. The van der Waals surface area contributed by atoms with Crippen LogP contribution in [0.3, 0.4) is 0 Å². The minimum atomic E-state index is -3.84. The molecule has 0 fully saturated rings. The van der Waals surface area contributed by atoms with Crippen molar-refractivity contribution in [3.63, 3.8) is 0 Å². The molecule has 1 amide bonds. The van der Waals surface area contributed by atoms with Gasteiger partial charge in [-0.05, 0) is 37.3 Å². The number of sulfonamides is 1. The zero-order valence-electron chi connectivity index (χ0n) is 11.8. The number of amides is 1. The molecule has 23 heavy (non-hydrogen) atoms. The topological polar surface area (TPSA) is 84.5 Å². The fourth-order valence-corrected chi connectivity index (χ4v) is 4.83. The SMILES string of the molecule is CCOC(=O)Nc1ccc(NS(=O)(=O)c2cc(Cl)sc2Cl)cc1. The van der Waals surface area contributed by atoms with E-state index in [2.05, 4.69) is 10.0 Å². The first kappa shape index (κ1) is 17.9. The Morgan fingerprint density at radius 1 is 1.22 bits per heavy atom. The molecule has 2 aromatic rings. The van der Waals surface area contributed by atoms with Gasteiger partial charge in [0.05, 0.1) is 10.9 Å². The van der Waals surface area contributed by atoms with E-state index in [4.69, 9.17) is 27.9 Å². The van der Waals surface area contributed by atoms with Crippen LogP contribution in [0, 0.1) is 0 Å². The first-order valence-electron chi connectivity index (χ1n) is 6.33. The second-order valence-corrected chi connectivity index (χ2v) is 8.15. The quantitative estimate of drug-likeness (QED) is 0.785. The zero-order chi connectivity index (χ0) is 17.0. The number of ether oxygens (including phenoxy) is 1. The van der Waals surface area contributed by atoms with Gasteiger partial charge in [-0.25, -0.2) is 13.2 Å². The number of anilines is 2. The lowest BCUT2D eigenvalue weighted by atomic mass is 10.3. The lowest BCUT2D eigenvalue weighted by Crippen LogP contribution is -2.14. The summed E-state index contributed by atoms with van der Waals surface area (Å²) >= 11 is 12.6. The van der Waals surface area contributed by atoms with Gasteiger partial charge in [-0.3, -0.25) is 10.0 Å². The standard InChI is InChI=1S/C13H12Cl2N2O4S2/c1-2-21-13(18)16-8-3-5-9(6-4-8)17-23(19,20)10-7-11(14)22-12(10)15/h3-7,17H,2H2,1H3,(H,16,18). The van der Waals surface area contributed by atoms with Gasteiger partial charge in [0.15, 0.2) is 0 Å². The smallest absolute Gasteiger partial charge is 0.411 e. The highest BCUT2D eigenvalue weighted by Gasteiger charge is 2.21. The van der Waals surface area contributed by atoms with E-state index in [1.165, 1.54) is 30.3 Å². The lowest BCUT2D eigenvalue weighted by molar-refractivity contribution is 0.168. The van der Waals surface area contributed by atoms with Crippen LogP contribution in [0.15, 0.2) is 35.2 Å². The highest BCUT2D eigenvalue weighted by Crippen LogP contribution is 2.35. The Labute approximate surface area is 147 Å². The molecule has 0 atom stereocenters. The molecule has 124 valence electrons. The molecular weight excluding hydrogens is 383 g/mol. The summed E-state index contributed by atoms with van der Waals surface area (Å²) in [7, 11) is -3.84. The summed E-state index contributed by atoms with van der Waals surface area (Å²) in [4.78, 5) is 11.2. The average molecular weight is 395 g/mol. The normalized spacial score (nSPS) is 11.1. The molecule has 0 aliphatic rings. The average Bonchev–Trinajstić information content (AvgIpc) is 2.81. The number of rotatable bonds is 5. The predicted molar refractivity (Wildman–Crippen MR) is 92.2 cm³/mol. The first-order chi connectivity index (χ1) is 10.8. The van der Waals surface area contributed by atoms with Crippen molar-refractivity contribution < 1.29 is 17.9 Å². The molecule has 0 saturated carbocycles. The van der Waals surface area contributed by atoms with Crippen molar-refractivity contribution in [3.05, 3.63) is 39.0 Å². The van der Waals surface area contributed by atoms with Crippen LogP contribution in [0.4, 0.5) is 16.2 Å². The van der Waals surface area contributed by atoms with Crippen LogP contribution >= 0.6 is 34.5 Å². The number of halogens is 2. The van der Waals surface area contributed by atoms with Crippen molar-refractivity contribution in [1.82, 2.24) is 0 Å². The number of benzene rings is 1. The Bertz CT molecular complexity index is 804. The third-order valence-electron chi connectivity index (χ3n) is 2.57. The summed E-state index contributed by atoms with van der Waals surface area (Å²) in [5.41, 5.74) is 0.792. The van der Waals surface area contributed by atoms with Gasteiger partial charge in [-0.1, -0.05) is 23.2 Å². The molecule has 1 aromatic carbocycles. The molecule has 6 nitrogen and oxygen atoms in total. The Kier molecular flexibility index (Phi) is 5.74. The van der Waals surface area contributed by atoms with Gasteiger partial charge in [-0.15, -0.1) is 11.3 Å². The Hall–Kier alpha value is -1.48. The van der Waals surface area contributed by atoms with Crippen molar-refractivity contribution in [2.75, 3.05) is 16.6 Å². The largest absolute Gasteiger partial charge is 0.450 e. The predicted octanol–water partition coefficient (Wildman–Crippen LogP) is 4.42. The molecule has 2 rings (SSSR count). The number of hydrogen-bond acceptors (Lipinski definition) is 5. The maximum atomic E-state index is 12.2. The maximum Gasteiger partial charge on any atom is 0.411 e. The van der Waals surface area contributed by atoms with Crippen molar-refractivity contribution in [3.8, 4) is 0 Å². The first-order valence-corrected chi connectivity index (χ1v) is 9.39. The highest BCUT2D eigenvalue weighted by molar-refractivity contribution is 7.93. The highest BCUT2D eigenvalue weighted by atomic mass is 35.5. The van der Waals surface area contributed by atoms with E-state index in [0.29, 0.717) is 11.4 Å². The molecule has 0 aliphatic carbocycles. The van der Waals surface area contributed by atoms with Crippen LogP contribution in [-0.2, 0) is 14.8 Å². The summed E-state index contributed by atoms with van der Waals surface area (Å²) < 4.78 is 32.0. The molecule has 0 aliphatic heterocycles.